The SMILES string of the molecule is COc1cccc(C2C(=C(O)c3ccc4c(c3)CC(C)O4)C(=O)C(=O)N2CCCN2CCOCC2)c1. The molecule has 1 N–H and O–H groups in total. The molecule has 2 aromatic rings. The quantitative estimate of drug-likeness (QED) is 0.361. The molecule has 5 rings (SSSR count). The van der Waals surface area contributed by atoms with Gasteiger partial charge in [-0.05, 0) is 54.8 Å². The number of carbonyl (C=O) groups excluding carboxylic acids is 2. The van der Waals surface area contributed by atoms with Crippen LogP contribution in [0, 0.1) is 0 Å². The second-order valence-corrected chi connectivity index (χ2v) is 9.53. The van der Waals surface area contributed by atoms with Gasteiger partial charge in [0.2, 0.25) is 0 Å². The zero-order valence-corrected chi connectivity index (χ0v) is 20.7. The second kappa shape index (κ2) is 10.3. The van der Waals surface area contributed by atoms with Crippen LogP contribution >= 0.6 is 0 Å². The molecule has 2 aromatic carbocycles. The molecule has 3 aliphatic heterocycles. The Bertz CT molecular complexity index is 1190. The lowest BCUT2D eigenvalue weighted by molar-refractivity contribution is -0.140. The first-order valence-corrected chi connectivity index (χ1v) is 12.5. The van der Waals surface area contributed by atoms with Gasteiger partial charge in [0.15, 0.2) is 0 Å². The number of aliphatic hydroxyl groups excluding tert-OH is 1. The summed E-state index contributed by atoms with van der Waals surface area (Å²) in [6.07, 6.45) is 1.50. The highest BCUT2D eigenvalue weighted by molar-refractivity contribution is 6.46. The second-order valence-electron chi connectivity index (χ2n) is 9.53. The van der Waals surface area contributed by atoms with Gasteiger partial charge in [-0.15, -0.1) is 0 Å². The van der Waals surface area contributed by atoms with Crippen molar-refractivity contribution in [3.8, 4) is 11.5 Å². The van der Waals surface area contributed by atoms with Crippen molar-refractivity contribution in [3.63, 3.8) is 0 Å². The zero-order chi connectivity index (χ0) is 25.2. The molecule has 3 aliphatic rings. The molecule has 8 heteroatoms. The third-order valence-electron chi connectivity index (χ3n) is 7.10. The number of likely N-dealkylation sites (tertiary alicyclic amines) is 1. The van der Waals surface area contributed by atoms with Gasteiger partial charge in [-0.1, -0.05) is 12.1 Å². The van der Waals surface area contributed by atoms with Crippen LogP contribution in [0.25, 0.3) is 5.76 Å². The molecule has 0 spiro atoms. The lowest BCUT2D eigenvalue weighted by atomic mass is 9.94. The van der Waals surface area contributed by atoms with Gasteiger partial charge < -0.3 is 24.2 Å². The van der Waals surface area contributed by atoms with E-state index < -0.39 is 17.7 Å². The van der Waals surface area contributed by atoms with Crippen LogP contribution in [0.1, 0.15) is 36.1 Å². The highest BCUT2D eigenvalue weighted by atomic mass is 16.5. The monoisotopic (exact) mass is 492 g/mol. The summed E-state index contributed by atoms with van der Waals surface area (Å²) >= 11 is 0. The number of aliphatic hydroxyl groups is 1. The van der Waals surface area contributed by atoms with Gasteiger partial charge in [-0.25, -0.2) is 0 Å². The van der Waals surface area contributed by atoms with E-state index in [1.807, 2.05) is 43.3 Å². The average molecular weight is 493 g/mol. The van der Waals surface area contributed by atoms with Crippen LogP contribution in [0.4, 0.5) is 0 Å². The Morgan fingerprint density at radius 2 is 1.92 bits per heavy atom. The smallest absolute Gasteiger partial charge is 0.295 e. The first-order chi connectivity index (χ1) is 17.5. The summed E-state index contributed by atoms with van der Waals surface area (Å²) in [6.45, 7) is 6.33. The maximum Gasteiger partial charge on any atom is 0.295 e. The van der Waals surface area contributed by atoms with E-state index in [0.717, 1.165) is 42.9 Å². The Labute approximate surface area is 211 Å². The predicted octanol–water partition coefficient (Wildman–Crippen LogP) is 3.16. The number of nitrogens with zero attached hydrogens (tertiary/aromatic N) is 2. The molecule has 0 aliphatic carbocycles. The van der Waals surface area contributed by atoms with Gasteiger partial charge in [0.05, 0.1) is 31.9 Å². The normalized spacial score (nSPS) is 23.6. The highest BCUT2D eigenvalue weighted by Crippen LogP contribution is 2.41. The molecule has 8 nitrogen and oxygen atoms in total. The number of ketones is 1. The van der Waals surface area contributed by atoms with E-state index in [2.05, 4.69) is 4.90 Å². The van der Waals surface area contributed by atoms with E-state index >= 15 is 0 Å². The van der Waals surface area contributed by atoms with E-state index in [4.69, 9.17) is 14.2 Å². The number of methoxy groups -OCH3 is 1. The molecule has 2 saturated heterocycles. The molecule has 0 aromatic heterocycles. The van der Waals surface area contributed by atoms with Crippen molar-refractivity contribution in [2.75, 3.05) is 46.5 Å². The minimum absolute atomic E-state index is 0.0613. The summed E-state index contributed by atoms with van der Waals surface area (Å²) in [7, 11) is 1.58. The lowest BCUT2D eigenvalue weighted by Gasteiger charge is -2.29. The van der Waals surface area contributed by atoms with Crippen LogP contribution in [-0.4, -0.2) is 79.2 Å². The number of ether oxygens (including phenoxy) is 3. The summed E-state index contributed by atoms with van der Waals surface area (Å²) in [5, 5.41) is 11.4. The first kappa shape index (κ1) is 24.3. The van der Waals surface area contributed by atoms with Gasteiger partial charge in [-0.2, -0.15) is 0 Å². The molecule has 1 amide bonds. The minimum Gasteiger partial charge on any atom is -0.507 e. The number of Topliss-reactive ketones (excluding diaryl/α,β-unsaturated/α-hetero) is 1. The Morgan fingerprint density at radius 3 is 2.69 bits per heavy atom. The first-order valence-electron chi connectivity index (χ1n) is 12.5. The lowest BCUT2D eigenvalue weighted by Crippen LogP contribution is -2.38. The van der Waals surface area contributed by atoms with E-state index in [1.54, 1.807) is 18.1 Å². The van der Waals surface area contributed by atoms with Crippen molar-refractivity contribution in [2.24, 2.45) is 0 Å². The number of rotatable bonds is 7. The largest absolute Gasteiger partial charge is 0.507 e. The van der Waals surface area contributed by atoms with Gasteiger partial charge in [0, 0.05) is 38.2 Å². The molecule has 3 heterocycles. The van der Waals surface area contributed by atoms with Crippen LogP contribution in [0.2, 0.25) is 0 Å². The van der Waals surface area contributed by atoms with Gasteiger partial charge >= 0.3 is 0 Å². The number of fused-ring (bicyclic) bond motifs is 1. The number of hydrogen-bond donors (Lipinski definition) is 1. The van der Waals surface area contributed by atoms with Gasteiger partial charge in [-0.3, -0.25) is 14.5 Å². The Balaban J connectivity index is 1.49. The topological polar surface area (TPSA) is 88.5 Å². The fraction of sp³-hybridized carbons (Fsp3) is 0.429. The van der Waals surface area contributed by atoms with Crippen molar-refractivity contribution >= 4 is 17.4 Å². The van der Waals surface area contributed by atoms with E-state index in [9.17, 15) is 14.7 Å². The van der Waals surface area contributed by atoms with Gasteiger partial charge in [0.25, 0.3) is 11.7 Å². The number of amides is 1. The summed E-state index contributed by atoms with van der Waals surface area (Å²) in [4.78, 5) is 30.5. The van der Waals surface area contributed by atoms with Crippen molar-refractivity contribution in [1.29, 1.82) is 0 Å². The molecule has 0 radical (unpaired) electrons. The molecular weight excluding hydrogens is 460 g/mol. The molecule has 2 atom stereocenters. The molecule has 0 bridgehead atoms. The molecule has 2 unspecified atom stereocenters. The Morgan fingerprint density at radius 1 is 1.11 bits per heavy atom. The number of carbonyl (C=O) groups is 2. The predicted molar refractivity (Wildman–Crippen MR) is 134 cm³/mol. The number of hydrogen-bond acceptors (Lipinski definition) is 7. The molecule has 2 fully saturated rings. The maximum atomic E-state index is 13.3. The summed E-state index contributed by atoms with van der Waals surface area (Å²) in [5.41, 5.74) is 2.31. The Hall–Kier alpha value is -3.36. The third kappa shape index (κ3) is 4.70. The molecule has 0 saturated carbocycles. The van der Waals surface area contributed by atoms with E-state index in [0.29, 0.717) is 37.5 Å². The highest BCUT2D eigenvalue weighted by Gasteiger charge is 2.46. The standard InChI is InChI=1S/C28H32N2O6/c1-18-15-21-16-20(7-8-23(21)36-18)26(31)24-25(19-5-3-6-22(17-19)34-2)30(28(33)27(24)32)10-4-9-29-11-13-35-14-12-29/h3,5-8,16-18,25,31H,4,9-15H2,1-2H3. The van der Waals surface area contributed by atoms with Crippen molar-refractivity contribution in [3.05, 3.63) is 64.7 Å². The fourth-order valence-corrected chi connectivity index (χ4v) is 5.28. The number of morpholine rings is 1. The van der Waals surface area contributed by atoms with Crippen molar-refractivity contribution < 1.29 is 28.9 Å². The van der Waals surface area contributed by atoms with Crippen LogP contribution in [0.5, 0.6) is 11.5 Å². The molecular formula is C28H32N2O6. The maximum absolute atomic E-state index is 13.3. The van der Waals surface area contributed by atoms with Gasteiger partial charge in [0.1, 0.15) is 23.4 Å². The van der Waals surface area contributed by atoms with Crippen molar-refractivity contribution in [2.45, 2.75) is 31.9 Å². The summed E-state index contributed by atoms with van der Waals surface area (Å²) in [5.74, 6) is -0.0255. The third-order valence-corrected chi connectivity index (χ3v) is 7.10. The van der Waals surface area contributed by atoms with E-state index in [-0.39, 0.29) is 17.4 Å². The average Bonchev–Trinajstić information content (AvgIpc) is 3.40. The zero-order valence-electron chi connectivity index (χ0n) is 20.7. The summed E-state index contributed by atoms with van der Waals surface area (Å²) < 4.78 is 16.6. The molecule has 190 valence electrons. The summed E-state index contributed by atoms with van der Waals surface area (Å²) in [6, 6.07) is 12.0. The van der Waals surface area contributed by atoms with Crippen molar-refractivity contribution in [1.82, 2.24) is 9.80 Å². The van der Waals surface area contributed by atoms with Crippen LogP contribution in [0.15, 0.2) is 48.0 Å². The Kier molecular flexibility index (Phi) is 6.98. The van der Waals surface area contributed by atoms with Crippen LogP contribution in [0.3, 0.4) is 0 Å². The molecule has 36 heavy (non-hydrogen) atoms. The number of benzene rings is 2. The fourth-order valence-electron chi connectivity index (χ4n) is 5.28. The van der Waals surface area contributed by atoms with Crippen LogP contribution < -0.4 is 9.47 Å². The van der Waals surface area contributed by atoms with Crippen LogP contribution in [-0.2, 0) is 20.7 Å². The van der Waals surface area contributed by atoms with E-state index in [1.165, 1.54) is 0 Å². The minimum atomic E-state index is -0.701.